The number of hydrogen-bond donors (Lipinski definition) is 1. The molecule has 0 saturated carbocycles. The molecule has 0 bridgehead atoms. The number of nitrogens with one attached hydrogen (secondary N) is 1. The van der Waals surface area contributed by atoms with Crippen LogP contribution in [0.5, 0.6) is 11.5 Å². The second kappa shape index (κ2) is 8.36. The summed E-state index contributed by atoms with van der Waals surface area (Å²) in [6, 6.07) is 11.7. The number of halogens is 2. The second-order valence-electron chi connectivity index (χ2n) is 6.51. The van der Waals surface area contributed by atoms with Gasteiger partial charge in [0.2, 0.25) is 5.82 Å². The summed E-state index contributed by atoms with van der Waals surface area (Å²) in [6.45, 7) is 1.17. The minimum absolute atomic E-state index is 0.0554. The number of hydrogen-bond acceptors (Lipinski definition) is 6. The monoisotopic (exact) mass is 416 g/mol. The summed E-state index contributed by atoms with van der Waals surface area (Å²) in [4.78, 5) is 18.0. The standard InChI is InChI=1S/C20H18F2N4O4/c1-28-15-7-4-13-11-26(8-9-29-16(13)10-15)20(27)23-14-5-2-12(3-6-14)18-24-19(17(21)22)30-25-18/h2-7,10,17H,8-9,11H2,1H3,(H,23,27). The molecule has 0 aliphatic carbocycles. The molecule has 1 aliphatic heterocycles. The van der Waals surface area contributed by atoms with Crippen LogP contribution in [0.15, 0.2) is 47.0 Å². The van der Waals surface area contributed by atoms with E-state index in [2.05, 4.69) is 20.0 Å². The lowest BCUT2D eigenvalue weighted by Gasteiger charge is -2.20. The first-order chi connectivity index (χ1) is 14.5. The van der Waals surface area contributed by atoms with Crippen molar-refractivity contribution >= 4 is 11.7 Å². The Morgan fingerprint density at radius 2 is 2.03 bits per heavy atom. The summed E-state index contributed by atoms with van der Waals surface area (Å²) in [6.07, 6.45) is -2.83. The van der Waals surface area contributed by atoms with Crippen LogP contribution in [-0.2, 0) is 6.54 Å². The Balaban J connectivity index is 1.42. The summed E-state index contributed by atoms with van der Waals surface area (Å²) in [7, 11) is 1.58. The normalized spacial score (nSPS) is 13.4. The highest BCUT2D eigenvalue weighted by Gasteiger charge is 2.21. The van der Waals surface area contributed by atoms with Crippen LogP contribution in [0.25, 0.3) is 11.4 Å². The van der Waals surface area contributed by atoms with Crippen molar-refractivity contribution in [3.63, 3.8) is 0 Å². The van der Waals surface area contributed by atoms with Gasteiger partial charge in [0.25, 0.3) is 5.89 Å². The average Bonchev–Trinajstić information content (AvgIpc) is 3.15. The Hall–Kier alpha value is -3.69. The molecule has 8 nitrogen and oxygen atoms in total. The van der Waals surface area contributed by atoms with Gasteiger partial charge >= 0.3 is 12.5 Å². The molecule has 0 saturated heterocycles. The summed E-state index contributed by atoms with van der Waals surface area (Å²) in [5, 5.41) is 6.35. The van der Waals surface area contributed by atoms with Gasteiger partial charge in [-0.1, -0.05) is 5.16 Å². The van der Waals surface area contributed by atoms with E-state index in [-0.39, 0.29) is 11.9 Å². The molecule has 0 radical (unpaired) electrons. The summed E-state index contributed by atoms with van der Waals surface area (Å²) < 4.78 is 40.6. The third kappa shape index (κ3) is 4.17. The van der Waals surface area contributed by atoms with Crippen LogP contribution in [0.1, 0.15) is 17.9 Å². The molecule has 10 heteroatoms. The number of carbonyl (C=O) groups is 1. The maximum absolute atomic E-state index is 12.7. The second-order valence-corrected chi connectivity index (χ2v) is 6.51. The number of anilines is 1. The van der Waals surface area contributed by atoms with Gasteiger partial charge in [0.15, 0.2) is 0 Å². The van der Waals surface area contributed by atoms with Gasteiger partial charge in [-0.25, -0.2) is 4.79 Å². The predicted molar refractivity (Wildman–Crippen MR) is 103 cm³/mol. The minimum atomic E-state index is -2.83. The third-order valence-corrected chi connectivity index (χ3v) is 4.56. The van der Waals surface area contributed by atoms with Crippen molar-refractivity contribution in [2.75, 3.05) is 25.6 Å². The molecule has 2 amide bonds. The van der Waals surface area contributed by atoms with E-state index >= 15 is 0 Å². The first-order valence-corrected chi connectivity index (χ1v) is 9.11. The number of benzene rings is 2. The van der Waals surface area contributed by atoms with Crippen molar-refractivity contribution in [1.82, 2.24) is 15.0 Å². The van der Waals surface area contributed by atoms with Crippen LogP contribution < -0.4 is 14.8 Å². The van der Waals surface area contributed by atoms with Gasteiger partial charge in [0.1, 0.15) is 18.1 Å². The van der Waals surface area contributed by atoms with Crippen molar-refractivity contribution in [2.45, 2.75) is 13.0 Å². The highest BCUT2D eigenvalue weighted by molar-refractivity contribution is 5.89. The van der Waals surface area contributed by atoms with Crippen molar-refractivity contribution in [3.8, 4) is 22.9 Å². The molecule has 0 unspecified atom stereocenters. The number of nitrogens with zero attached hydrogens (tertiary/aromatic N) is 3. The zero-order chi connectivity index (χ0) is 21.1. The topological polar surface area (TPSA) is 89.7 Å². The lowest BCUT2D eigenvalue weighted by Crippen LogP contribution is -2.36. The molecule has 3 aromatic rings. The van der Waals surface area contributed by atoms with E-state index in [1.165, 1.54) is 0 Å². The molecule has 2 heterocycles. The van der Waals surface area contributed by atoms with Crippen LogP contribution in [0.3, 0.4) is 0 Å². The Bertz CT molecular complexity index is 1040. The summed E-state index contributed by atoms with van der Waals surface area (Å²) in [5.41, 5.74) is 1.92. The number of aromatic nitrogens is 2. The Kier molecular flexibility index (Phi) is 5.46. The van der Waals surface area contributed by atoms with E-state index < -0.39 is 12.3 Å². The highest BCUT2D eigenvalue weighted by atomic mass is 19.3. The first kappa shape index (κ1) is 19.6. The summed E-state index contributed by atoms with van der Waals surface area (Å²) >= 11 is 0. The molecule has 1 N–H and O–H groups in total. The highest BCUT2D eigenvalue weighted by Crippen LogP contribution is 2.28. The molecule has 0 spiro atoms. The van der Waals surface area contributed by atoms with Gasteiger partial charge in [-0.05, 0) is 36.4 Å². The average molecular weight is 416 g/mol. The van der Waals surface area contributed by atoms with Crippen molar-refractivity contribution in [3.05, 3.63) is 53.9 Å². The van der Waals surface area contributed by atoms with Gasteiger partial charge in [0.05, 0.1) is 20.2 Å². The fourth-order valence-corrected chi connectivity index (χ4v) is 3.00. The molecule has 2 aromatic carbocycles. The van der Waals surface area contributed by atoms with E-state index in [1.54, 1.807) is 42.3 Å². The molecule has 1 aliphatic rings. The number of rotatable bonds is 4. The predicted octanol–water partition coefficient (Wildman–Crippen LogP) is 4.11. The minimum Gasteiger partial charge on any atom is -0.497 e. The first-order valence-electron chi connectivity index (χ1n) is 9.11. The molecular formula is C20H18F2N4O4. The van der Waals surface area contributed by atoms with Crippen molar-refractivity contribution < 1.29 is 27.6 Å². The maximum atomic E-state index is 12.7. The number of amides is 2. The zero-order valence-corrected chi connectivity index (χ0v) is 16.0. The Morgan fingerprint density at radius 3 is 2.73 bits per heavy atom. The Labute approximate surface area is 170 Å². The van der Waals surface area contributed by atoms with Gasteiger partial charge in [-0.15, -0.1) is 0 Å². The fraction of sp³-hybridized carbons (Fsp3) is 0.250. The quantitative estimate of drug-likeness (QED) is 0.689. The van der Waals surface area contributed by atoms with Crippen LogP contribution >= 0.6 is 0 Å². The molecule has 4 rings (SSSR count). The van der Waals surface area contributed by atoms with Crippen molar-refractivity contribution in [1.29, 1.82) is 0 Å². The van der Waals surface area contributed by atoms with Crippen LogP contribution in [0.4, 0.5) is 19.3 Å². The number of ether oxygens (including phenoxy) is 2. The number of urea groups is 1. The molecular weight excluding hydrogens is 398 g/mol. The molecule has 30 heavy (non-hydrogen) atoms. The lowest BCUT2D eigenvalue weighted by atomic mass is 10.2. The van der Waals surface area contributed by atoms with Gasteiger partial charge < -0.3 is 24.2 Å². The fourth-order valence-electron chi connectivity index (χ4n) is 3.00. The van der Waals surface area contributed by atoms with Crippen LogP contribution in [0, 0.1) is 0 Å². The largest absolute Gasteiger partial charge is 0.497 e. The van der Waals surface area contributed by atoms with Crippen LogP contribution in [0.2, 0.25) is 0 Å². The molecule has 0 fully saturated rings. The molecule has 0 atom stereocenters. The van der Waals surface area contributed by atoms with Gasteiger partial charge in [0, 0.05) is 22.9 Å². The van der Waals surface area contributed by atoms with E-state index in [1.807, 2.05) is 12.1 Å². The molecule has 156 valence electrons. The zero-order valence-electron chi connectivity index (χ0n) is 16.0. The smallest absolute Gasteiger partial charge is 0.322 e. The van der Waals surface area contributed by atoms with Gasteiger partial charge in [-0.3, -0.25) is 0 Å². The lowest BCUT2D eigenvalue weighted by molar-refractivity contribution is 0.106. The van der Waals surface area contributed by atoms with E-state index in [0.29, 0.717) is 42.4 Å². The third-order valence-electron chi connectivity index (χ3n) is 4.56. The number of carbonyl (C=O) groups excluding carboxylic acids is 1. The Morgan fingerprint density at radius 1 is 1.23 bits per heavy atom. The summed E-state index contributed by atoms with van der Waals surface area (Å²) in [5.74, 6) is 0.704. The maximum Gasteiger partial charge on any atom is 0.322 e. The molecule has 1 aromatic heterocycles. The van der Waals surface area contributed by atoms with Gasteiger partial charge in [-0.2, -0.15) is 13.8 Å². The number of alkyl halides is 2. The number of fused-ring (bicyclic) bond motifs is 1. The van der Waals surface area contributed by atoms with Crippen molar-refractivity contribution in [2.24, 2.45) is 0 Å². The van der Waals surface area contributed by atoms with E-state index in [9.17, 15) is 13.6 Å². The number of methoxy groups -OCH3 is 1. The van der Waals surface area contributed by atoms with Crippen LogP contribution in [-0.4, -0.2) is 41.3 Å². The van der Waals surface area contributed by atoms with E-state index in [0.717, 1.165) is 5.56 Å². The van der Waals surface area contributed by atoms with E-state index in [4.69, 9.17) is 9.47 Å². The SMILES string of the molecule is COc1ccc2c(c1)OCCN(C(=O)Nc1ccc(-c3noc(C(F)F)n3)cc1)C2.